The number of hydrogen-bond donors (Lipinski definition) is 1. The van der Waals surface area contributed by atoms with Crippen LogP contribution in [0.4, 0.5) is 0 Å². The number of aromatic nitrogens is 2. The van der Waals surface area contributed by atoms with Gasteiger partial charge in [0.2, 0.25) is 0 Å². The molecule has 1 aromatic carbocycles. The molecule has 1 fully saturated rings. The minimum atomic E-state index is 0. The van der Waals surface area contributed by atoms with Crippen molar-refractivity contribution in [2.45, 2.75) is 39.2 Å². The zero-order valence-electron chi connectivity index (χ0n) is 14.8. The standard InChI is InChI=1S/C19H24N4O.ClH/c1-13-6-8-15(9-7-13)23-17-5-3-4-16(17)18(21-23)19(24)22-11-10-20-14(2)12-22;/h6-9,14,20H,3-5,10-12H2,1-2H3;1H. The predicted molar refractivity (Wildman–Crippen MR) is 101 cm³/mol. The second-order valence-corrected chi connectivity index (χ2v) is 6.98. The van der Waals surface area contributed by atoms with E-state index in [0.29, 0.717) is 11.7 Å². The van der Waals surface area contributed by atoms with E-state index in [4.69, 9.17) is 5.10 Å². The van der Waals surface area contributed by atoms with Gasteiger partial charge in [-0.2, -0.15) is 5.10 Å². The molecule has 1 aliphatic heterocycles. The van der Waals surface area contributed by atoms with E-state index in [1.165, 1.54) is 11.3 Å². The number of fused-ring (bicyclic) bond motifs is 1. The highest BCUT2D eigenvalue weighted by atomic mass is 35.5. The number of nitrogens with zero attached hydrogens (tertiary/aromatic N) is 3. The number of hydrogen-bond acceptors (Lipinski definition) is 3. The minimum Gasteiger partial charge on any atom is -0.334 e. The van der Waals surface area contributed by atoms with Crippen LogP contribution in [0.15, 0.2) is 24.3 Å². The first-order chi connectivity index (χ1) is 11.6. The minimum absolute atomic E-state index is 0. The van der Waals surface area contributed by atoms with Gasteiger partial charge in [0.05, 0.1) is 5.69 Å². The first-order valence-corrected chi connectivity index (χ1v) is 8.84. The van der Waals surface area contributed by atoms with E-state index < -0.39 is 0 Å². The summed E-state index contributed by atoms with van der Waals surface area (Å²) in [5.41, 5.74) is 5.31. The van der Waals surface area contributed by atoms with E-state index in [-0.39, 0.29) is 18.3 Å². The van der Waals surface area contributed by atoms with Crippen LogP contribution in [0.3, 0.4) is 0 Å². The number of amides is 1. The molecule has 0 spiro atoms. The van der Waals surface area contributed by atoms with Crippen molar-refractivity contribution in [3.8, 4) is 5.69 Å². The molecule has 0 radical (unpaired) electrons. The molecule has 1 aromatic heterocycles. The van der Waals surface area contributed by atoms with Crippen LogP contribution in [0.2, 0.25) is 0 Å². The number of rotatable bonds is 2. The Morgan fingerprint density at radius 3 is 2.72 bits per heavy atom. The fraction of sp³-hybridized carbons (Fsp3) is 0.474. The third kappa shape index (κ3) is 3.31. The molecule has 134 valence electrons. The lowest BCUT2D eigenvalue weighted by Crippen LogP contribution is -2.51. The molecular weight excluding hydrogens is 336 g/mol. The maximum absolute atomic E-state index is 13.0. The van der Waals surface area contributed by atoms with E-state index in [2.05, 4.69) is 43.4 Å². The van der Waals surface area contributed by atoms with Gasteiger partial charge in [-0.05, 0) is 45.2 Å². The number of piperazine rings is 1. The fourth-order valence-electron chi connectivity index (χ4n) is 3.78. The number of carbonyl (C=O) groups is 1. The van der Waals surface area contributed by atoms with Gasteiger partial charge >= 0.3 is 0 Å². The highest BCUT2D eigenvalue weighted by molar-refractivity contribution is 5.94. The second kappa shape index (κ2) is 7.18. The monoisotopic (exact) mass is 360 g/mol. The Morgan fingerprint density at radius 2 is 2.00 bits per heavy atom. The van der Waals surface area contributed by atoms with Gasteiger partial charge in [0.25, 0.3) is 5.91 Å². The van der Waals surface area contributed by atoms with Crippen LogP contribution in [-0.2, 0) is 12.8 Å². The molecule has 2 aromatic rings. The quantitative estimate of drug-likeness (QED) is 0.895. The molecule has 1 unspecified atom stereocenters. The van der Waals surface area contributed by atoms with E-state index in [1.54, 1.807) is 0 Å². The van der Waals surface area contributed by atoms with E-state index in [1.807, 2.05) is 9.58 Å². The molecule has 2 aliphatic rings. The third-order valence-electron chi connectivity index (χ3n) is 5.07. The van der Waals surface area contributed by atoms with Gasteiger partial charge in [0.15, 0.2) is 5.69 Å². The van der Waals surface area contributed by atoms with Gasteiger partial charge in [-0.1, -0.05) is 17.7 Å². The second-order valence-electron chi connectivity index (χ2n) is 6.98. The van der Waals surface area contributed by atoms with Crippen molar-refractivity contribution < 1.29 is 4.79 Å². The Labute approximate surface area is 154 Å². The van der Waals surface area contributed by atoms with Crippen LogP contribution in [-0.4, -0.2) is 46.3 Å². The topological polar surface area (TPSA) is 50.2 Å². The highest BCUT2D eigenvalue weighted by Gasteiger charge is 2.30. The van der Waals surface area contributed by atoms with Gasteiger partial charge < -0.3 is 10.2 Å². The Morgan fingerprint density at radius 1 is 1.24 bits per heavy atom. The highest BCUT2D eigenvalue weighted by Crippen LogP contribution is 2.28. The van der Waals surface area contributed by atoms with Crippen LogP contribution in [0, 0.1) is 6.92 Å². The molecule has 1 atom stereocenters. The molecule has 5 nitrogen and oxygen atoms in total. The largest absolute Gasteiger partial charge is 0.334 e. The molecule has 1 N–H and O–H groups in total. The normalized spacial score (nSPS) is 19.4. The molecule has 4 rings (SSSR count). The van der Waals surface area contributed by atoms with Gasteiger partial charge in [-0.3, -0.25) is 4.79 Å². The van der Waals surface area contributed by atoms with Crippen LogP contribution < -0.4 is 5.32 Å². The lowest BCUT2D eigenvalue weighted by Gasteiger charge is -2.31. The number of nitrogens with one attached hydrogen (secondary N) is 1. The van der Waals surface area contributed by atoms with Crippen molar-refractivity contribution in [1.29, 1.82) is 0 Å². The van der Waals surface area contributed by atoms with E-state index in [9.17, 15) is 4.79 Å². The van der Waals surface area contributed by atoms with E-state index >= 15 is 0 Å². The Bertz CT molecular complexity index is 768. The molecule has 25 heavy (non-hydrogen) atoms. The van der Waals surface area contributed by atoms with E-state index in [0.717, 1.165) is 50.1 Å². The molecule has 1 amide bonds. The van der Waals surface area contributed by atoms with Crippen LogP contribution in [0.1, 0.15) is 40.7 Å². The van der Waals surface area contributed by atoms with Crippen molar-refractivity contribution in [2.75, 3.05) is 19.6 Å². The lowest BCUT2D eigenvalue weighted by atomic mass is 10.1. The third-order valence-corrected chi connectivity index (χ3v) is 5.07. The molecule has 0 saturated carbocycles. The summed E-state index contributed by atoms with van der Waals surface area (Å²) in [7, 11) is 0. The number of carbonyl (C=O) groups excluding carboxylic acids is 1. The van der Waals surface area contributed by atoms with Crippen LogP contribution in [0.25, 0.3) is 5.69 Å². The summed E-state index contributed by atoms with van der Waals surface area (Å²) in [4.78, 5) is 15.0. The molecule has 0 bridgehead atoms. The Hall–Kier alpha value is -1.85. The van der Waals surface area contributed by atoms with Gasteiger partial charge in [-0.25, -0.2) is 4.68 Å². The van der Waals surface area contributed by atoms with Gasteiger partial charge in [0, 0.05) is 36.9 Å². The van der Waals surface area contributed by atoms with Crippen LogP contribution >= 0.6 is 12.4 Å². The number of aryl methyl sites for hydroxylation is 1. The molecule has 6 heteroatoms. The lowest BCUT2D eigenvalue weighted by molar-refractivity contribution is 0.0701. The van der Waals surface area contributed by atoms with Gasteiger partial charge in [-0.15, -0.1) is 12.4 Å². The number of halogens is 1. The van der Waals surface area contributed by atoms with Crippen molar-refractivity contribution in [1.82, 2.24) is 20.0 Å². The predicted octanol–water partition coefficient (Wildman–Crippen LogP) is 2.53. The van der Waals surface area contributed by atoms with Crippen molar-refractivity contribution in [2.24, 2.45) is 0 Å². The fourth-order valence-corrected chi connectivity index (χ4v) is 3.78. The Kier molecular flexibility index (Phi) is 5.16. The first-order valence-electron chi connectivity index (χ1n) is 8.84. The summed E-state index contributed by atoms with van der Waals surface area (Å²) in [5, 5.41) is 8.12. The zero-order chi connectivity index (χ0) is 16.7. The average Bonchev–Trinajstić information content (AvgIpc) is 3.17. The van der Waals surface area contributed by atoms with Crippen molar-refractivity contribution >= 4 is 18.3 Å². The summed E-state index contributed by atoms with van der Waals surface area (Å²) in [6, 6.07) is 8.70. The first kappa shape index (κ1) is 18.0. The van der Waals surface area contributed by atoms with Crippen LogP contribution in [0.5, 0.6) is 0 Å². The smallest absolute Gasteiger partial charge is 0.274 e. The summed E-state index contributed by atoms with van der Waals surface area (Å²) < 4.78 is 1.99. The maximum atomic E-state index is 13.0. The summed E-state index contributed by atoms with van der Waals surface area (Å²) >= 11 is 0. The summed E-state index contributed by atoms with van der Waals surface area (Å²) in [6.07, 6.45) is 3.07. The maximum Gasteiger partial charge on any atom is 0.274 e. The average molecular weight is 361 g/mol. The summed E-state index contributed by atoms with van der Waals surface area (Å²) in [6.45, 7) is 6.57. The molecule has 1 aliphatic carbocycles. The SMILES string of the molecule is Cc1ccc(-n2nc(C(=O)N3CCNC(C)C3)c3c2CCC3)cc1.Cl. The molecule has 1 saturated heterocycles. The molecule has 2 heterocycles. The zero-order valence-corrected chi connectivity index (χ0v) is 15.6. The number of benzene rings is 1. The van der Waals surface area contributed by atoms with Crippen molar-refractivity contribution in [3.63, 3.8) is 0 Å². The summed E-state index contributed by atoms with van der Waals surface area (Å²) in [5.74, 6) is 0.0901. The Balaban J connectivity index is 0.00000182. The van der Waals surface area contributed by atoms with Crippen molar-refractivity contribution in [3.05, 3.63) is 46.8 Å². The molecular formula is C19H25ClN4O. The van der Waals surface area contributed by atoms with Gasteiger partial charge in [0.1, 0.15) is 0 Å².